The van der Waals surface area contributed by atoms with E-state index in [1.54, 1.807) is 12.1 Å². The van der Waals surface area contributed by atoms with Crippen LogP contribution in [0.3, 0.4) is 0 Å². The maximum Gasteiger partial charge on any atom is 0.289 e. The molecule has 2 aromatic carbocycles. The van der Waals surface area contributed by atoms with Gasteiger partial charge in [0.05, 0.1) is 23.2 Å². The maximum atomic E-state index is 15.7. The van der Waals surface area contributed by atoms with Gasteiger partial charge in [0.15, 0.2) is 0 Å². The summed E-state index contributed by atoms with van der Waals surface area (Å²) in [6, 6.07) is 21.3. The number of nitrogens with zero attached hydrogens (tertiary/aromatic N) is 6. The molecule has 0 N–H and O–H groups in total. The first kappa shape index (κ1) is 26.1. The third kappa shape index (κ3) is 4.65. The van der Waals surface area contributed by atoms with Gasteiger partial charge < -0.3 is 14.3 Å². The lowest BCUT2D eigenvalue weighted by Crippen LogP contribution is -2.58. The van der Waals surface area contributed by atoms with Gasteiger partial charge in [0.2, 0.25) is 11.3 Å². The Morgan fingerprint density at radius 3 is 2.28 bits per heavy atom. The number of fused-ring (bicyclic) bond motifs is 1. The summed E-state index contributed by atoms with van der Waals surface area (Å²) in [6.07, 6.45) is 0. The minimum atomic E-state index is -0.852. The van der Waals surface area contributed by atoms with Crippen LogP contribution >= 0.6 is 0 Å². The summed E-state index contributed by atoms with van der Waals surface area (Å²) in [5, 5.41) is 9.30. The summed E-state index contributed by atoms with van der Waals surface area (Å²) in [4.78, 5) is 25.0. The highest BCUT2D eigenvalue weighted by Crippen LogP contribution is 2.37. The van der Waals surface area contributed by atoms with E-state index < -0.39 is 11.4 Å². The number of hydrogen-bond donors (Lipinski definition) is 0. The van der Waals surface area contributed by atoms with Crippen molar-refractivity contribution in [2.45, 2.75) is 38.9 Å². The van der Waals surface area contributed by atoms with Crippen LogP contribution in [0.1, 0.15) is 42.1 Å². The molecule has 1 saturated heterocycles. The lowest BCUT2D eigenvalue weighted by molar-refractivity contribution is 0.129. The number of piperazine rings is 1. The number of aromatic nitrogens is 2. The second kappa shape index (κ2) is 10.3. The van der Waals surface area contributed by atoms with Crippen molar-refractivity contribution in [2.24, 2.45) is 7.05 Å². The lowest BCUT2D eigenvalue weighted by atomic mass is 9.92. The minimum Gasteiger partial charge on any atom is -0.361 e. The van der Waals surface area contributed by atoms with Crippen LogP contribution in [-0.4, -0.2) is 39.6 Å². The van der Waals surface area contributed by atoms with E-state index >= 15 is 4.39 Å². The monoisotopic (exact) mass is 520 g/mol. The number of rotatable bonds is 4. The molecule has 39 heavy (non-hydrogen) atoms. The van der Waals surface area contributed by atoms with Gasteiger partial charge in [-0.1, -0.05) is 48.5 Å². The van der Waals surface area contributed by atoms with Gasteiger partial charge in [-0.15, -0.1) is 4.98 Å². The molecule has 2 aromatic heterocycles. The Morgan fingerprint density at radius 1 is 1.03 bits per heavy atom. The van der Waals surface area contributed by atoms with Gasteiger partial charge in [-0.25, -0.2) is 0 Å². The van der Waals surface area contributed by atoms with Gasteiger partial charge in [0, 0.05) is 32.2 Å². The van der Waals surface area contributed by atoms with Crippen molar-refractivity contribution < 1.29 is 4.39 Å². The maximum absolute atomic E-state index is 15.7. The van der Waals surface area contributed by atoms with Gasteiger partial charge in [0.25, 0.3) is 11.4 Å². The second-order valence-electron chi connectivity index (χ2n) is 10.3. The fourth-order valence-electron chi connectivity index (χ4n) is 5.56. The molecule has 196 valence electrons. The Bertz CT molecular complexity index is 1680. The molecular weight excluding hydrogens is 491 g/mol. The van der Waals surface area contributed by atoms with Crippen LogP contribution in [0.4, 0.5) is 15.9 Å². The van der Waals surface area contributed by atoms with Crippen molar-refractivity contribution in [2.75, 3.05) is 18.0 Å². The number of benzene rings is 2. The molecule has 1 aliphatic heterocycles. The summed E-state index contributed by atoms with van der Waals surface area (Å²) < 4.78 is 16.9. The fourth-order valence-corrected chi connectivity index (χ4v) is 5.56. The van der Waals surface area contributed by atoms with E-state index in [0.29, 0.717) is 29.7 Å². The Hall–Kier alpha value is -4.53. The minimum absolute atomic E-state index is 0.0225. The number of aryl methyl sites for hydroxylation is 2. The highest BCUT2D eigenvalue weighted by Gasteiger charge is 2.38. The van der Waals surface area contributed by atoms with Crippen molar-refractivity contribution in [3.63, 3.8) is 0 Å². The molecule has 4 aromatic rings. The molecular formula is C31H29FN6O. The molecule has 1 aliphatic rings. The molecule has 5 rings (SSSR count). The molecule has 0 spiro atoms. The number of halogens is 1. The predicted octanol–water partition coefficient (Wildman–Crippen LogP) is 5.49. The first-order valence-corrected chi connectivity index (χ1v) is 12.9. The van der Waals surface area contributed by atoms with Crippen molar-refractivity contribution in [3.8, 4) is 6.07 Å². The Morgan fingerprint density at radius 2 is 1.67 bits per heavy atom. The van der Waals surface area contributed by atoms with Gasteiger partial charge in [0.1, 0.15) is 5.69 Å². The summed E-state index contributed by atoms with van der Waals surface area (Å²) in [5.74, 6) is -0.698. The van der Waals surface area contributed by atoms with Crippen LogP contribution in [0, 0.1) is 30.6 Å². The number of pyridine rings is 2. The molecule has 8 heteroatoms. The Kier molecular flexibility index (Phi) is 6.91. The Labute approximate surface area is 227 Å². The molecule has 0 bridgehead atoms. The smallest absolute Gasteiger partial charge is 0.289 e. The third-order valence-corrected chi connectivity index (χ3v) is 7.66. The highest BCUT2D eigenvalue weighted by molar-refractivity contribution is 5.90. The van der Waals surface area contributed by atoms with Crippen LogP contribution < -0.4 is 10.5 Å². The fraction of sp³-hybridized carbons (Fsp3) is 0.290. The topological polar surface area (TPSA) is 69.5 Å². The quantitative estimate of drug-likeness (QED) is 0.333. The molecule has 3 atom stereocenters. The first-order valence-electron chi connectivity index (χ1n) is 12.9. The lowest BCUT2D eigenvalue weighted by Gasteiger charge is -2.48. The summed E-state index contributed by atoms with van der Waals surface area (Å²) in [5.41, 5.74) is 4.22. The number of hydrogen-bond acceptors (Lipinski definition) is 5. The van der Waals surface area contributed by atoms with Gasteiger partial charge >= 0.3 is 0 Å². The first-order chi connectivity index (χ1) is 18.7. The van der Waals surface area contributed by atoms with Crippen molar-refractivity contribution in [3.05, 3.63) is 111 Å². The second-order valence-corrected chi connectivity index (χ2v) is 10.3. The standard InChI is InChI=1S/C31H29FN6O/c1-19-6-10-23(11-7-19)29(24-12-8-22(16-33)9-13-24)37-17-21(3)38(18-20(37)2)30-27(32)31(39)36(5)25-14-15-26(34-4)35-28(25)30/h6-15,20-21,29H,17-18H2,1-3,5H3/t20-,21+,29?/m1/s1. The van der Waals surface area contributed by atoms with Gasteiger partial charge in [-0.05, 0) is 56.2 Å². The third-order valence-electron chi connectivity index (χ3n) is 7.66. The van der Waals surface area contributed by atoms with Crippen molar-refractivity contribution >= 4 is 22.5 Å². The summed E-state index contributed by atoms with van der Waals surface area (Å²) in [7, 11) is 1.52. The van der Waals surface area contributed by atoms with Crippen LogP contribution in [0.2, 0.25) is 0 Å². The molecule has 1 unspecified atom stereocenters. The van der Waals surface area contributed by atoms with E-state index in [-0.39, 0.29) is 29.6 Å². The van der Waals surface area contributed by atoms with Crippen LogP contribution in [0.25, 0.3) is 15.9 Å². The average molecular weight is 521 g/mol. The predicted molar refractivity (Wildman–Crippen MR) is 150 cm³/mol. The van der Waals surface area contributed by atoms with Crippen LogP contribution in [0.5, 0.6) is 0 Å². The highest BCUT2D eigenvalue weighted by atomic mass is 19.1. The van der Waals surface area contributed by atoms with Crippen LogP contribution in [0.15, 0.2) is 65.5 Å². The molecule has 1 fully saturated rings. The largest absolute Gasteiger partial charge is 0.361 e. The van der Waals surface area contributed by atoms with Gasteiger partial charge in [-0.3, -0.25) is 9.69 Å². The average Bonchev–Trinajstić information content (AvgIpc) is 2.95. The van der Waals surface area contributed by atoms with Crippen molar-refractivity contribution in [1.82, 2.24) is 14.5 Å². The molecule has 0 aliphatic carbocycles. The zero-order chi connectivity index (χ0) is 27.8. The van der Waals surface area contributed by atoms with E-state index in [9.17, 15) is 10.1 Å². The molecule has 7 nitrogen and oxygen atoms in total. The molecule has 0 amide bonds. The van der Waals surface area contributed by atoms with E-state index in [4.69, 9.17) is 6.57 Å². The van der Waals surface area contributed by atoms with E-state index in [1.165, 1.54) is 17.2 Å². The Balaban J connectivity index is 1.58. The SMILES string of the molecule is [C-]#[N+]c1ccc2c(n1)c(N1C[C@@H](C)N(C(c3ccc(C)cc3)c3ccc(C#N)cc3)C[C@@H]1C)c(F)c(=O)n2C. The van der Waals surface area contributed by atoms with E-state index in [0.717, 1.165) is 11.1 Å². The zero-order valence-electron chi connectivity index (χ0n) is 22.4. The number of anilines is 1. The van der Waals surface area contributed by atoms with E-state index in [2.05, 4.69) is 58.9 Å². The molecule has 0 saturated carbocycles. The normalized spacial score (nSPS) is 18.5. The molecule has 3 heterocycles. The van der Waals surface area contributed by atoms with Gasteiger partial charge in [-0.2, -0.15) is 9.65 Å². The summed E-state index contributed by atoms with van der Waals surface area (Å²) in [6.45, 7) is 14.6. The summed E-state index contributed by atoms with van der Waals surface area (Å²) >= 11 is 0. The number of nitriles is 1. The molecule has 0 radical (unpaired) electrons. The van der Waals surface area contributed by atoms with E-state index in [1.807, 2.05) is 36.1 Å². The van der Waals surface area contributed by atoms with Crippen molar-refractivity contribution in [1.29, 1.82) is 5.26 Å². The van der Waals surface area contributed by atoms with Crippen LogP contribution in [-0.2, 0) is 7.05 Å². The zero-order valence-corrected chi connectivity index (χ0v) is 22.4.